The second-order valence-corrected chi connectivity index (χ2v) is 5.16. The van der Waals surface area contributed by atoms with Crippen LogP contribution in [0, 0.1) is 11.8 Å². The Bertz CT molecular complexity index is 200. The molecule has 1 saturated heterocycles. The van der Waals surface area contributed by atoms with Gasteiger partial charge < -0.3 is 0 Å². The fourth-order valence-electron chi connectivity index (χ4n) is 2.34. The molecule has 1 nitrogen and oxygen atoms in total. The minimum atomic E-state index is 0.373. The first-order valence-corrected chi connectivity index (χ1v) is 4.99. The molecule has 2 unspecified atom stereocenters. The fraction of sp³-hybridized carbons (Fsp3) is 0.818. The number of likely N-dealkylation sites (tertiary alicyclic amines) is 1. The van der Waals surface area contributed by atoms with Crippen LogP contribution < -0.4 is 0 Å². The highest BCUT2D eigenvalue weighted by Gasteiger charge is 2.37. The second kappa shape index (κ2) is 2.59. The van der Waals surface area contributed by atoms with Crippen LogP contribution in [0.15, 0.2) is 12.2 Å². The third-order valence-corrected chi connectivity index (χ3v) is 3.26. The molecule has 0 bridgehead atoms. The number of fused-ring (bicyclic) bond motifs is 1. The summed E-state index contributed by atoms with van der Waals surface area (Å²) in [4.78, 5) is 2.62. The van der Waals surface area contributed by atoms with Crippen LogP contribution in [0.5, 0.6) is 0 Å². The van der Waals surface area contributed by atoms with Gasteiger partial charge in [-0.25, -0.2) is 0 Å². The van der Waals surface area contributed by atoms with Gasteiger partial charge >= 0.3 is 0 Å². The first-order valence-electron chi connectivity index (χ1n) is 4.99. The number of rotatable bonds is 0. The lowest BCUT2D eigenvalue weighted by molar-refractivity contribution is 0.166. The summed E-state index contributed by atoms with van der Waals surface area (Å²) in [6, 6.07) is 0. The molecule has 0 aromatic rings. The maximum atomic E-state index is 2.62. The molecule has 2 aliphatic rings. The number of allylic oxidation sites excluding steroid dienone is 1. The van der Waals surface area contributed by atoms with Crippen LogP contribution in [-0.2, 0) is 0 Å². The van der Waals surface area contributed by atoms with E-state index in [-0.39, 0.29) is 0 Å². The monoisotopic (exact) mass is 165 g/mol. The normalized spacial score (nSPS) is 35.9. The van der Waals surface area contributed by atoms with Crippen LogP contribution in [0.4, 0.5) is 0 Å². The van der Waals surface area contributed by atoms with Gasteiger partial charge in [-0.05, 0) is 39.0 Å². The van der Waals surface area contributed by atoms with Crippen LogP contribution in [0.1, 0.15) is 27.2 Å². The minimum absolute atomic E-state index is 0.373. The Morgan fingerprint density at radius 1 is 1.25 bits per heavy atom. The summed E-state index contributed by atoms with van der Waals surface area (Å²) in [7, 11) is 0. The first kappa shape index (κ1) is 8.31. The van der Waals surface area contributed by atoms with Crippen LogP contribution in [0.3, 0.4) is 0 Å². The molecule has 0 N–H and O–H groups in total. The average molecular weight is 165 g/mol. The van der Waals surface area contributed by atoms with Gasteiger partial charge in [-0.2, -0.15) is 0 Å². The van der Waals surface area contributed by atoms with Gasteiger partial charge in [0.15, 0.2) is 0 Å². The van der Waals surface area contributed by atoms with E-state index in [1.54, 1.807) is 0 Å². The van der Waals surface area contributed by atoms with E-state index in [1.807, 2.05) is 0 Å². The highest BCUT2D eigenvalue weighted by Crippen LogP contribution is 2.35. The Kier molecular flexibility index (Phi) is 1.80. The summed E-state index contributed by atoms with van der Waals surface area (Å²) < 4.78 is 0. The van der Waals surface area contributed by atoms with Gasteiger partial charge in [-0.15, -0.1) is 0 Å². The molecule has 1 aliphatic carbocycles. The summed E-state index contributed by atoms with van der Waals surface area (Å²) in [6.45, 7) is 9.54. The van der Waals surface area contributed by atoms with Crippen molar-refractivity contribution in [2.45, 2.75) is 32.7 Å². The van der Waals surface area contributed by atoms with Crippen molar-refractivity contribution in [3.8, 4) is 0 Å². The zero-order valence-corrected chi connectivity index (χ0v) is 8.38. The summed E-state index contributed by atoms with van der Waals surface area (Å²) in [6.07, 6.45) is 6.09. The van der Waals surface area contributed by atoms with Crippen LogP contribution in [0.25, 0.3) is 0 Å². The Morgan fingerprint density at radius 2 is 2.00 bits per heavy atom. The number of nitrogens with zero attached hydrogens (tertiary/aromatic N) is 1. The largest absolute Gasteiger partial charge is 0.298 e. The summed E-state index contributed by atoms with van der Waals surface area (Å²) >= 11 is 0. The maximum Gasteiger partial charge on any atom is 0.0125 e. The smallest absolute Gasteiger partial charge is 0.0125 e. The van der Waals surface area contributed by atoms with E-state index in [2.05, 4.69) is 37.8 Å². The summed E-state index contributed by atoms with van der Waals surface area (Å²) in [5.74, 6) is 1.80. The summed E-state index contributed by atoms with van der Waals surface area (Å²) in [5.41, 5.74) is 0.373. The van der Waals surface area contributed by atoms with E-state index in [1.165, 1.54) is 19.5 Å². The van der Waals surface area contributed by atoms with Gasteiger partial charge in [0.2, 0.25) is 0 Å². The minimum Gasteiger partial charge on any atom is -0.298 e. The predicted octanol–water partition coefficient (Wildman–Crippen LogP) is 2.29. The van der Waals surface area contributed by atoms with Crippen molar-refractivity contribution in [1.82, 2.24) is 4.90 Å². The van der Waals surface area contributed by atoms with Gasteiger partial charge in [0.25, 0.3) is 0 Å². The van der Waals surface area contributed by atoms with Crippen molar-refractivity contribution < 1.29 is 0 Å². The molecule has 0 amide bonds. The molecule has 0 aromatic carbocycles. The van der Waals surface area contributed by atoms with Gasteiger partial charge in [0, 0.05) is 18.6 Å². The lowest BCUT2D eigenvalue weighted by Crippen LogP contribution is -2.39. The van der Waals surface area contributed by atoms with Crippen molar-refractivity contribution in [3.63, 3.8) is 0 Å². The molecular formula is C11H19N. The Labute approximate surface area is 75.4 Å². The molecule has 1 aliphatic heterocycles. The SMILES string of the molecule is CC(C)(C)N1CC2C=CCC2C1. The molecule has 68 valence electrons. The van der Waals surface area contributed by atoms with E-state index in [9.17, 15) is 0 Å². The standard InChI is InChI=1S/C11H19N/c1-11(2,3)12-7-9-5-4-6-10(9)8-12/h4-5,9-10H,6-8H2,1-3H3. The van der Waals surface area contributed by atoms with Gasteiger partial charge in [-0.1, -0.05) is 12.2 Å². The highest BCUT2D eigenvalue weighted by molar-refractivity contribution is 5.07. The topological polar surface area (TPSA) is 3.24 Å². The predicted molar refractivity (Wildman–Crippen MR) is 52.1 cm³/mol. The van der Waals surface area contributed by atoms with Crippen LogP contribution >= 0.6 is 0 Å². The molecule has 1 fully saturated rings. The quantitative estimate of drug-likeness (QED) is 0.498. The molecule has 2 rings (SSSR count). The fourth-order valence-corrected chi connectivity index (χ4v) is 2.34. The van der Waals surface area contributed by atoms with E-state index in [4.69, 9.17) is 0 Å². The molecular weight excluding hydrogens is 146 g/mol. The van der Waals surface area contributed by atoms with Crippen LogP contribution in [-0.4, -0.2) is 23.5 Å². The maximum absolute atomic E-state index is 2.62. The number of hydrogen-bond acceptors (Lipinski definition) is 1. The van der Waals surface area contributed by atoms with E-state index < -0.39 is 0 Å². The third-order valence-electron chi connectivity index (χ3n) is 3.26. The van der Waals surface area contributed by atoms with Crippen molar-refractivity contribution in [3.05, 3.63) is 12.2 Å². The molecule has 0 aromatic heterocycles. The lowest BCUT2D eigenvalue weighted by Gasteiger charge is -2.32. The van der Waals surface area contributed by atoms with E-state index >= 15 is 0 Å². The van der Waals surface area contributed by atoms with Crippen molar-refractivity contribution >= 4 is 0 Å². The van der Waals surface area contributed by atoms with Gasteiger partial charge in [-0.3, -0.25) is 4.90 Å². The van der Waals surface area contributed by atoms with E-state index in [0.717, 1.165) is 11.8 Å². The Morgan fingerprint density at radius 3 is 2.58 bits per heavy atom. The molecule has 2 atom stereocenters. The third kappa shape index (κ3) is 1.31. The Hall–Kier alpha value is -0.300. The van der Waals surface area contributed by atoms with Crippen LogP contribution in [0.2, 0.25) is 0 Å². The molecule has 1 heterocycles. The lowest BCUT2D eigenvalue weighted by atomic mass is 10.0. The summed E-state index contributed by atoms with van der Waals surface area (Å²) in [5, 5.41) is 0. The molecule has 12 heavy (non-hydrogen) atoms. The van der Waals surface area contributed by atoms with Crippen molar-refractivity contribution in [2.24, 2.45) is 11.8 Å². The van der Waals surface area contributed by atoms with Gasteiger partial charge in [0.05, 0.1) is 0 Å². The first-order chi connectivity index (χ1) is 5.57. The molecule has 0 radical (unpaired) electrons. The number of hydrogen-bond donors (Lipinski definition) is 0. The molecule has 0 spiro atoms. The van der Waals surface area contributed by atoms with Crippen molar-refractivity contribution in [2.75, 3.05) is 13.1 Å². The van der Waals surface area contributed by atoms with Gasteiger partial charge in [0.1, 0.15) is 0 Å². The second-order valence-electron chi connectivity index (χ2n) is 5.16. The Balaban J connectivity index is 2.03. The van der Waals surface area contributed by atoms with E-state index in [0.29, 0.717) is 5.54 Å². The average Bonchev–Trinajstić information content (AvgIpc) is 2.37. The zero-order chi connectivity index (χ0) is 8.77. The highest BCUT2D eigenvalue weighted by atomic mass is 15.2. The zero-order valence-electron chi connectivity index (χ0n) is 8.38. The van der Waals surface area contributed by atoms with Crippen molar-refractivity contribution in [1.29, 1.82) is 0 Å². The molecule has 1 heteroatoms. The molecule has 0 saturated carbocycles.